The van der Waals surface area contributed by atoms with Gasteiger partial charge >= 0.3 is 0 Å². The summed E-state index contributed by atoms with van der Waals surface area (Å²) < 4.78 is 6.00. The molecule has 0 radical (unpaired) electrons. The molecule has 3 nitrogen and oxygen atoms in total. The molecule has 1 fully saturated rings. The third-order valence-electron chi connectivity index (χ3n) is 5.13. The van der Waals surface area contributed by atoms with Gasteiger partial charge in [-0.1, -0.05) is 56.4 Å². The molecule has 3 heteroatoms. The normalized spacial score (nSPS) is 16.5. The summed E-state index contributed by atoms with van der Waals surface area (Å²) >= 11 is 0. The Labute approximate surface area is 151 Å². The zero-order chi connectivity index (χ0) is 17.3. The highest BCUT2D eigenvalue weighted by molar-refractivity contribution is 5.33. The topological polar surface area (TPSA) is 34.1 Å². The summed E-state index contributed by atoms with van der Waals surface area (Å²) in [6, 6.07) is 14.8. The van der Waals surface area contributed by atoms with Crippen LogP contribution >= 0.6 is 0 Å². The van der Waals surface area contributed by atoms with Crippen molar-refractivity contribution in [3.05, 3.63) is 59.9 Å². The van der Waals surface area contributed by atoms with Crippen molar-refractivity contribution in [3.63, 3.8) is 0 Å². The number of nitrogens with one attached hydrogen (secondary N) is 1. The molecule has 0 saturated heterocycles. The molecule has 25 heavy (non-hydrogen) atoms. The zero-order valence-corrected chi connectivity index (χ0v) is 15.3. The van der Waals surface area contributed by atoms with Crippen LogP contribution in [0.1, 0.15) is 56.7 Å². The standard InChI is InChI=1S/C22H30N2O/c1-18(15-19-9-3-2-4-10-19)24-16-20-11-5-6-13-22(20)25-17-21-12-7-8-14-23-21/h5-8,11-14,18-19,24H,2-4,9-10,15-17H2,1H3. The number of nitrogens with zero attached hydrogens (tertiary/aromatic N) is 1. The number of aromatic nitrogens is 1. The maximum absolute atomic E-state index is 6.00. The number of pyridine rings is 1. The van der Waals surface area contributed by atoms with Gasteiger partial charge in [0.05, 0.1) is 5.69 Å². The van der Waals surface area contributed by atoms with Crippen molar-refractivity contribution in [2.75, 3.05) is 0 Å². The van der Waals surface area contributed by atoms with E-state index in [-0.39, 0.29) is 0 Å². The quantitative estimate of drug-likeness (QED) is 0.726. The van der Waals surface area contributed by atoms with Crippen molar-refractivity contribution in [1.82, 2.24) is 10.3 Å². The molecule has 0 amide bonds. The van der Waals surface area contributed by atoms with Crippen LogP contribution in [0.5, 0.6) is 5.75 Å². The first-order valence-corrected chi connectivity index (χ1v) is 9.65. The van der Waals surface area contributed by atoms with Crippen LogP contribution in [0, 0.1) is 5.92 Å². The molecule has 1 unspecified atom stereocenters. The van der Waals surface area contributed by atoms with E-state index in [2.05, 4.69) is 29.4 Å². The first-order chi connectivity index (χ1) is 12.3. The van der Waals surface area contributed by atoms with Gasteiger partial charge in [-0.2, -0.15) is 0 Å². The number of ether oxygens (including phenoxy) is 1. The van der Waals surface area contributed by atoms with Crippen molar-refractivity contribution in [1.29, 1.82) is 0 Å². The number of hydrogen-bond acceptors (Lipinski definition) is 3. The lowest BCUT2D eigenvalue weighted by Gasteiger charge is -2.25. The minimum Gasteiger partial charge on any atom is -0.487 e. The van der Waals surface area contributed by atoms with E-state index in [1.807, 2.05) is 30.3 Å². The van der Waals surface area contributed by atoms with Crippen LogP contribution in [0.2, 0.25) is 0 Å². The van der Waals surface area contributed by atoms with Crippen molar-refractivity contribution >= 4 is 0 Å². The highest BCUT2D eigenvalue weighted by Crippen LogP contribution is 2.27. The van der Waals surface area contributed by atoms with E-state index in [4.69, 9.17) is 4.74 Å². The predicted molar refractivity (Wildman–Crippen MR) is 103 cm³/mol. The Kier molecular flexibility index (Phi) is 6.87. The van der Waals surface area contributed by atoms with Crippen LogP contribution in [-0.2, 0) is 13.2 Å². The SMILES string of the molecule is CC(CC1CCCCC1)NCc1ccccc1OCc1ccccn1. The molecule has 1 N–H and O–H groups in total. The number of hydrogen-bond donors (Lipinski definition) is 1. The smallest absolute Gasteiger partial charge is 0.130 e. The summed E-state index contributed by atoms with van der Waals surface area (Å²) in [6.07, 6.45) is 10.2. The monoisotopic (exact) mass is 338 g/mol. The summed E-state index contributed by atoms with van der Waals surface area (Å²) in [4.78, 5) is 4.32. The Morgan fingerprint density at radius 2 is 1.88 bits per heavy atom. The molecule has 0 spiro atoms. The number of rotatable bonds is 8. The van der Waals surface area contributed by atoms with Gasteiger partial charge in [-0.3, -0.25) is 4.98 Å². The fourth-order valence-corrected chi connectivity index (χ4v) is 3.72. The second-order valence-electron chi connectivity index (χ2n) is 7.24. The Morgan fingerprint density at radius 1 is 1.08 bits per heavy atom. The van der Waals surface area contributed by atoms with Gasteiger partial charge in [0.2, 0.25) is 0 Å². The van der Waals surface area contributed by atoms with E-state index in [1.165, 1.54) is 44.1 Å². The third kappa shape index (κ3) is 5.86. The Bertz CT molecular complexity index is 623. The van der Waals surface area contributed by atoms with Gasteiger partial charge in [-0.25, -0.2) is 0 Å². The largest absolute Gasteiger partial charge is 0.487 e. The van der Waals surface area contributed by atoms with Crippen LogP contribution in [0.15, 0.2) is 48.7 Å². The molecule has 1 aliphatic rings. The van der Waals surface area contributed by atoms with Crippen LogP contribution in [-0.4, -0.2) is 11.0 Å². The molecule has 1 heterocycles. The van der Waals surface area contributed by atoms with Gasteiger partial charge in [-0.05, 0) is 37.5 Å². The van der Waals surface area contributed by atoms with Gasteiger partial charge in [-0.15, -0.1) is 0 Å². The average Bonchev–Trinajstić information content (AvgIpc) is 2.67. The van der Waals surface area contributed by atoms with Crippen LogP contribution in [0.3, 0.4) is 0 Å². The highest BCUT2D eigenvalue weighted by Gasteiger charge is 2.16. The van der Waals surface area contributed by atoms with Crippen LogP contribution in [0.25, 0.3) is 0 Å². The van der Waals surface area contributed by atoms with E-state index in [9.17, 15) is 0 Å². The molecule has 3 rings (SSSR count). The molecule has 0 bridgehead atoms. The molecular weight excluding hydrogens is 308 g/mol. The van der Waals surface area contributed by atoms with Crippen molar-refractivity contribution in [2.24, 2.45) is 5.92 Å². The molecule has 2 aromatic rings. The van der Waals surface area contributed by atoms with Gasteiger partial charge in [0.25, 0.3) is 0 Å². The van der Waals surface area contributed by atoms with E-state index >= 15 is 0 Å². The lowest BCUT2D eigenvalue weighted by molar-refractivity contribution is 0.291. The summed E-state index contributed by atoms with van der Waals surface area (Å²) in [7, 11) is 0. The number of benzene rings is 1. The second kappa shape index (κ2) is 9.57. The molecular formula is C22H30N2O. The summed E-state index contributed by atoms with van der Waals surface area (Å²) in [6.45, 7) is 3.67. The predicted octanol–water partition coefficient (Wildman–Crippen LogP) is 5.11. The molecule has 1 atom stereocenters. The minimum atomic E-state index is 0.509. The molecule has 0 aliphatic heterocycles. The average molecular weight is 338 g/mol. The van der Waals surface area contributed by atoms with Crippen LogP contribution in [0.4, 0.5) is 0 Å². The fraction of sp³-hybridized carbons (Fsp3) is 0.500. The van der Waals surface area contributed by atoms with Gasteiger partial charge in [0.15, 0.2) is 0 Å². The molecule has 134 valence electrons. The van der Waals surface area contributed by atoms with Crippen molar-refractivity contribution < 1.29 is 4.74 Å². The maximum Gasteiger partial charge on any atom is 0.130 e. The summed E-state index contributed by atoms with van der Waals surface area (Å²) in [5.74, 6) is 1.86. The fourth-order valence-electron chi connectivity index (χ4n) is 3.72. The summed E-state index contributed by atoms with van der Waals surface area (Å²) in [5, 5.41) is 3.69. The van der Waals surface area contributed by atoms with E-state index in [0.29, 0.717) is 12.6 Å². The molecule has 1 aliphatic carbocycles. The van der Waals surface area contributed by atoms with E-state index < -0.39 is 0 Å². The highest BCUT2D eigenvalue weighted by atomic mass is 16.5. The first-order valence-electron chi connectivity index (χ1n) is 9.65. The molecule has 1 saturated carbocycles. The van der Waals surface area contributed by atoms with Crippen molar-refractivity contribution in [3.8, 4) is 5.75 Å². The first kappa shape index (κ1) is 17.9. The molecule has 1 aromatic carbocycles. The van der Waals surface area contributed by atoms with Crippen molar-refractivity contribution in [2.45, 2.75) is 64.6 Å². The number of para-hydroxylation sites is 1. The second-order valence-corrected chi connectivity index (χ2v) is 7.24. The maximum atomic E-state index is 6.00. The summed E-state index contributed by atoms with van der Waals surface area (Å²) in [5.41, 5.74) is 2.17. The van der Waals surface area contributed by atoms with Gasteiger partial charge < -0.3 is 10.1 Å². The Hall–Kier alpha value is -1.87. The zero-order valence-electron chi connectivity index (χ0n) is 15.3. The lowest BCUT2D eigenvalue weighted by Crippen LogP contribution is -2.28. The van der Waals surface area contributed by atoms with E-state index in [1.54, 1.807) is 6.20 Å². The Balaban J connectivity index is 1.50. The molecule has 1 aromatic heterocycles. The van der Waals surface area contributed by atoms with Crippen LogP contribution < -0.4 is 10.1 Å². The van der Waals surface area contributed by atoms with Gasteiger partial charge in [0, 0.05) is 24.3 Å². The Morgan fingerprint density at radius 3 is 2.68 bits per heavy atom. The lowest BCUT2D eigenvalue weighted by atomic mass is 9.85. The van der Waals surface area contributed by atoms with E-state index in [0.717, 1.165) is 23.9 Å². The minimum absolute atomic E-state index is 0.509. The third-order valence-corrected chi connectivity index (χ3v) is 5.13. The van der Waals surface area contributed by atoms with Gasteiger partial charge in [0.1, 0.15) is 12.4 Å².